The van der Waals surface area contributed by atoms with Gasteiger partial charge in [-0.15, -0.1) is 0 Å². The summed E-state index contributed by atoms with van der Waals surface area (Å²) in [5.41, 5.74) is 1.31. The van der Waals surface area contributed by atoms with Crippen LogP contribution in [0.1, 0.15) is 45.6 Å². The summed E-state index contributed by atoms with van der Waals surface area (Å²) < 4.78 is 16.9. The van der Waals surface area contributed by atoms with Gasteiger partial charge in [-0.1, -0.05) is 27.2 Å². The first kappa shape index (κ1) is 14.0. The molecule has 0 spiro atoms. The molecule has 106 valence electrons. The van der Waals surface area contributed by atoms with Gasteiger partial charge in [0.2, 0.25) is 0 Å². The summed E-state index contributed by atoms with van der Waals surface area (Å²) in [4.78, 5) is 0. The van der Waals surface area contributed by atoms with Crippen LogP contribution in [0.25, 0.3) is 0 Å². The molecule has 0 aromatic heterocycles. The third-order valence-corrected chi connectivity index (χ3v) is 3.86. The summed E-state index contributed by atoms with van der Waals surface area (Å²) in [6.45, 7) is 6.73. The Morgan fingerprint density at radius 3 is 2.42 bits per heavy atom. The van der Waals surface area contributed by atoms with Crippen LogP contribution >= 0.6 is 0 Å². The molecule has 0 bridgehead atoms. The number of ether oxygens (including phenoxy) is 3. The molecule has 1 aliphatic heterocycles. The number of benzene rings is 1. The molecule has 0 aliphatic carbocycles. The molecule has 0 radical (unpaired) electrons. The van der Waals surface area contributed by atoms with E-state index in [1.165, 1.54) is 5.56 Å². The first-order chi connectivity index (χ1) is 9.01. The Kier molecular flexibility index (Phi) is 3.93. The van der Waals surface area contributed by atoms with Crippen molar-refractivity contribution >= 4 is 0 Å². The average Bonchev–Trinajstić information content (AvgIpc) is 2.37. The van der Waals surface area contributed by atoms with Crippen LogP contribution in [-0.2, 0) is 5.41 Å². The van der Waals surface area contributed by atoms with E-state index in [0.29, 0.717) is 6.10 Å². The number of rotatable bonds is 4. The highest BCUT2D eigenvalue weighted by Gasteiger charge is 2.35. The third kappa shape index (κ3) is 2.65. The van der Waals surface area contributed by atoms with E-state index in [-0.39, 0.29) is 5.41 Å². The molecule has 3 heteroatoms. The van der Waals surface area contributed by atoms with Gasteiger partial charge in [0.05, 0.1) is 20.3 Å². The molecule has 0 saturated heterocycles. The molecule has 0 amide bonds. The SMILES string of the molecule is CCCC1CC(C)(C)c2cc(OC)c(OC)cc2O1. The van der Waals surface area contributed by atoms with Crippen molar-refractivity contribution in [3.05, 3.63) is 17.7 Å². The molecule has 1 heterocycles. The lowest BCUT2D eigenvalue weighted by Gasteiger charge is -2.38. The molecule has 3 nitrogen and oxygen atoms in total. The molecular weight excluding hydrogens is 240 g/mol. The second-order valence-corrected chi connectivity index (χ2v) is 5.82. The molecule has 2 rings (SSSR count). The molecule has 1 unspecified atom stereocenters. The largest absolute Gasteiger partial charge is 0.493 e. The van der Waals surface area contributed by atoms with Crippen molar-refractivity contribution in [1.29, 1.82) is 0 Å². The highest BCUT2D eigenvalue weighted by Crippen LogP contribution is 2.46. The second kappa shape index (κ2) is 5.32. The molecule has 0 fully saturated rings. The van der Waals surface area contributed by atoms with Crippen LogP contribution in [0.4, 0.5) is 0 Å². The van der Waals surface area contributed by atoms with Crippen molar-refractivity contribution in [3.8, 4) is 17.2 Å². The van der Waals surface area contributed by atoms with Crippen molar-refractivity contribution < 1.29 is 14.2 Å². The summed E-state index contributed by atoms with van der Waals surface area (Å²) in [5.74, 6) is 2.44. The molecular formula is C16H24O3. The van der Waals surface area contributed by atoms with Crippen LogP contribution in [0.3, 0.4) is 0 Å². The van der Waals surface area contributed by atoms with Crippen molar-refractivity contribution in [2.24, 2.45) is 0 Å². The van der Waals surface area contributed by atoms with Gasteiger partial charge in [-0.2, -0.15) is 0 Å². The van der Waals surface area contributed by atoms with E-state index >= 15 is 0 Å². The second-order valence-electron chi connectivity index (χ2n) is 5.82. The molecule has 0 saturated carbocycles. The Morgan fingerprint density at radius 1 is 1.21 bits per heavy atom. The summed E-state index contributed by atoms with van der Waals surface area (Å²) in [7, 11) is 3.32. The van der Waals surface area contributed by atoms with Crippen molar-refractivity contribution in [2.45, 2.75) is 51.6 Å². The van der Waals surface area contributed by atoms with Crippen LogP contribution in [0.2, 0.25) is 0 Å². The molecule has 19 heavy (non-hydrogen) atoms. The quantitative estimate of drug-likeness (QED) is 0.824. The Morgan fingerprint density at radius 2 is 1.84 bits per heavy atom. The topological polar surface area (TPSA) is 27.7 Å². The summed E-state index contributed by atoms with van der Waals surface area (Å²) in [6.07, 6.45) is 3.58. The van der Waals surface area contributed by atoms with Crippen molar-refractivity contribution in [3.63, 3.8) is 0 Å². The molecule has 1 aromatic carbocycles. The van der Waals surface area contributed by atoms with Gasteiger partial charge in [-0.3, -0.25) is 0 Å². The monoisotopic (exact) mass is 264 g/mol. The lowest BCUT2D eigenvalue weighted by atomic mass is 9.76. The third-order valence-electron chi connectivity index (χ3n) is 3.86. The maximum Gasteiger partial charge on any atom is 0.164 e. The number of methoxy groups -OCH3 is 2. The minimum atomic E-state index is 0.104. The van der Waals surface area contributed by atoms with E-state index in [2.05, 4.69) is 26.8 Å². The smallest absolute Gasteiger partial charge is 0.164 e. The van der Waals surface area contributed by atoms with E-state index in [9.17, 15) is 0 Å². The fraction of sp³-hybridized carbons (Fsp3) is 0.625. The predicted molar refractivity (Wildman–Crippen MR) is 76.5 cm³/mol. The van der Waals surface area contributed by atoms with E-state index < -0.39 is 0 Å². The first-order valence-corrected chi connectivity index (χ1v) is 6.95. The van der Waals surface area contributed by atoms with Gasteiger partial charge in [0.15, 0.2) is 11.5 Å². The Balaban J connectivity index is 2.44. The Bertz CT molecular complexity index is 452. The van der Waals surface area contributed by atoms with Gasteiger partial charge >= 0.3 is 0 Å². The fourth-order valence-corrected chi connectivity index (χ4v) is 2.87. The maximum absolute atomic E-state index is 6.11. The minimum absolute atomic E-state index is 0.104. The molecule has 1 atom stereocenters. The number of hydrogen-bond acceptors (Lipinski definition) is 3. The lowest BCUT2D eigenvalue weighted by molar-refractivity contribution is 0.124. The van der Waals surface area contributed by atoms with Crippen LogP contribution in [0.5, 0.6) is 17.2 Å². The maximum atomic E-state index is 6.11. The standard InChI is InChI=1S/C16H24O3/c1-6-7-11-10-16(2,3)12-8-14(17-4)15(18-5)9-13(12)19-11/h8-9,11H,6-7,10H2,1-5H3. The normalized spacial score (nSPS) is 20.4. The van der Waals surface area contributed by atoms with E-state index in [1.807, 2.05) is 6.07 Å². The molecule has 0 N–H and O–H groups in total. The fourth-order valence-electron chi connectivity index (χ4n) is 2.87. The first-order valence-electron chi connectivity index (χ1n) is 6.95. The number of fused-ring (bicyclic) bond motifs is 1. The van der Waals surface area contributed by atoms with Gasteiger partial charge < -0.3 is 14.2 Å². The van der Waals surface area contributed by atoms with Crippen LogP contribution in [-0.4, -0.2) is 20.3 Å². The van der Waals surface area contributed by atoms with Gasteiger partial charge in [0.25, 0.3) is 0 Å². The van der Waals surface area contributed by atoms with Crippen molar-refractivity contribution in [2.75, 3.05) is 14.2 Å². The summed E-state index contributed by atoms with van der Waals surface area (Å²) in [6, 6.07) is 4.01. The zero-order valence-corrected chi connectivity index (χ0v) is 12.6. The average molecular weight is 264 g/mol. The van der Waals surface area contributed by atoms with Crippen LogP contribution in [0.15, 0.2) is 12.1 Å². The summed E-state index contributed by atoms with van der Waals surface area (Å²) in [5, 5.41) is 0. The highest BCUT2D eigenvalue weighted by atomic mass is 16.5. The summed E-state index contributed by atoms with van der Waals surface area (Å²) >= 11 is 0. The zero-order valence-electron chi connectivity index (χ0n) is 12.6. The van der Waals surface area contributed by atoms with Gasteiger partial charge in [-0.05, 0) is 24.3 Å². The van der Waals surface area contributed by atoms with Crippen LogP contribution < -0.4 is 14.2 Å². The van der Waals surface area contributed by atoms with Gasteiger partial charge in [0.1, 0.15) is 5.75 Å². The minimum Gasteiger partial charge on any atom is -0.493 e. The van der Waals surface area contributed by atoms with E-state index in [1.54, 1.807) is 14.2 Å². The molecule has 1 aliphatic rings. The van der Waals surface area contributed by atoms with Gasteiger partial charge in [-0.25, -0.2) is 0 Å². The van der Waals surface area contributed by atoms with E-state index in [4.69, 9.17) is 14.2 Å². The predicted octanol–water partition coefficient (Wildman–Crippen LogP) is 3.93. The lowest BCUT2D eigenvalue weighted by Crippen LogP contribution is -2.34. The van der Waals surface area contributed by atoms with Crippen LogP contribution in [0, 0.1) is 0 Å². The highest BCUT2D eigenvalue weighted by molar-refractivity contribution is 5.54. The zero-order chi connectivity index (χ0) is 14.0. The van der Waals surface area contributed by atoms with E-state index in [0.717, 1.165) is 36.5 Å². The number of hydrogen-bond donors (Lipinski definition) is 0. The van der Waals surface area contributed by atoms with Gasteiger partial charge in [0, 0.05) is 11.6 Å². The Labute approximate surface area is 115 Å². The Hall–Kier alpha value is -1.38. The van der Waals surface area contributed by atoms with Crippen molar-refractivity contribution in [1.82, 2.24) is 0 Å². The molecule has 1 aromatic rings.